The molecule has 1 aliphatic heterocycles. The minimum Gasteiger partial charge on any atom is -0.392 e. The number of anilines is 2. The van der Waals surface area contributed by atoms with Gasteiger partial charge in [0.2, 0.25) is 5.91 Å². The Morgan fingerprint density at radius 1 is 1.28 bits per heavy atom. The largest absolute Gasteiger partial charge is 0.392 e. The molecule has 1 amide bonds. The maximum atomic E-state index is 13.1. The van der Waals surface area contributed by atoms with Crippen molar-refractivity contribution in [2.75, 3.05) is 18.4 Å². The summed E-state index contributed by atoms with van der Waals surface area (Å²) in [6.45, 7) is 8.37. The van der Waals surface area contributed by atoms with Crippen molar-refractivity contribution in [2.24, 2.45) is 23.2 Å². The highest BCUT2D eigenvalue weighted by Crippen LogP contribution is 2.57. The van der Waals surface area contributed by atoms with Gasteiger partial charge in [-0.15, -0.1) is 11.3 Å². The van der Waals surface area contributed by atoms with Crippen LogP contribution in [0.3, 0.4) is 0 Å². The molecule has 3 aliphatic rings. The number of nitrogens with zero attached hydrogens (tertiary/aromatic N) is 2. The van der Waals surface area contributed by atoms with Crippen LogP contribution in [0.25, 0.3) is 0 Å². The van der Waals surface area contributed by atoms with Gasteiger partial charge in [0.1, 0.15) is 0 Å². The maximum Gasteiger partial charge on any atom is 0.225 e. The van der Waals surface area contributed by atoms with Crippen molar-refractivity contribution in [1.82, 2.24) is 9.88 Å². The fraction of sp³-hybridized carbons (Fsp3) is 0.615. The van der Waals surface area contributed by atoms with Crippen LogP contribution >= 0.6 is 11.3 Å². The molecule has 2 heterocycles. The van der Waals surface area contributed by atoms with E-state index in [0.29, 0.717) is 0 Å². The van der Waals surface area contributed by atoms with E-state index in [-0.39, 0.29) is 35.0 Å². The maximum absolute atomic E-state index is 13.1. The lowest BCUT2D eigenvalue weighted by Crippen LogP contribution is -2.53. The molecule has 1 saturated heterocycles. The number of aromatic nitrogens is 1. The number of carbonyl (C=O) groups excluding carboxylic acids is 1. The zero-order valence-corrected chi connectivity index (χ0v) is 20.2. The first-order valence-electron chi connectivity index (χ1n) is 12.2. The predicted octanol–water partition coefficient (Wildman–Crippen LogP) is 5.20. The van der Waals surface area contributed by atoms with E-state index in [1.807, 2.05) is 30.0 Å². The highest BCUT2D eigenvalue weighted by atomic mass is 32.1. The summed E-state index contributed by atoms with van der Waals surface area (Å²) in [5, 5.41) is 16.0. The van der Waals surface area contributed by atoms with Crippen molar-refractivity contribution in [1.29, 1.82) is 0 Å². The lowest BCUT2D eigenvalue weighted by atomic mass is 9.53. The predicted molar refractivity (Wildman–Crippen MR) is 129 cm³/mol. The lowest BCUT2D eigenvalue weighted by molar-refractivity contribution is -0.143. The molecule has 5 nitrogen and oxygen atoms in total. The summed E-state index contributed by atoms with van der Waals surface area (Å²) in [6, 6.07) is 10.2. The number of para-hydroxylation sites is 1. The van der Waals surface area contributed by atoms with Crippen LogP contribution in [0.4, 0.5) is 10.8 Å². The number of aliphatic hydroxyl groups is 1. The fourth-order valence-corrected chi connectivity index (χ4v) is 7.94. The van der Waals surface area contributed by atoms with Crippen LogP contribution in [0.15, 0.2) is 30.3 Å². The van der Waals surface area contributed by atoms with Crippen LogP contribution in [0.2, 0.25) is 0 Å². The fourth-order valence-electron chi connectivity index (χ4n) is 6.65. The number of rotatable bonds is 4. The third-order valence-electron chi connectivity index (χ3n) is 8.40. The lowest BCUT2D eigenvalue weighted by Gasteiger charge is -2.53. The molecule has 1 saturated carbocycles. The smallest absolute Gasteiger partial charge is 0.225 e. The Labute approximate surface area is 195 Å². The molecule has 2 fully saturated rings. The van der Waals surface area contributed by atoms with Gasteiger partial charge < -0.3 is 15.3 Å². The molecule has 0 unspecified atom stereocenters. The second-order valence-corrected chi connectivity index (χ2v) is 11.6. The number of thiazole rings is 1. The summed E-state index contributed by atoms with van der Waals surface area (Å²) >= 11 is 1.75. The summed E-state index contributed by atoms with van der Waals surface area (Å²) < 4.78 is 0. The number of amides is 1. The second-order valence-electron chi connectivity index (χ2n) is 10.5. The van der Waals surface area contributed by atoms with Crippen LogP contribution < -0.4 is 5.32 Å². The van der Waals surface area contributed by atoms with E-state index in [1.165, 1.54) is 4.88 Å². The monoisotopic (exact) mass is 453 g/mol. The van der Waals surface area contributed by atoms with E-state index in [4.69, 9.17) is 4.98 Å². The first-order valence-corrected chi connectivity index (χ1v) is 13.0. The van der Waals surface area contributed by atoms with E-state index < -0.39 is 6.10 Å². The molecule has 0 radical (unpaired) electrons. The molecule has 2 aliphatic carbocycles. The van der Waals surface area contributed by atoms with E-state index in [0.717, 1.165) is 61.7 Å². The number of fused-ring (bicyclic) bond motifs is 2. The number of aliphatic hydroxyl groups excluding tert-OH is 1. The average Bonchev–Trinajstić information content (AvgIpc) is 3.43. The Morgan fingerprint density at radius 2 is 2.00 bits per heavy atom. The third-order valence-corrected chi connectivity index (χ3v) is 9.38. The third kappa shape index (κ3) is 3.75. The van der Waals surface area contributed by atoms with Gasteiger partial charge in [-0.05, 0) is 61.5 Å². The minimum absolute atomic E-state index is 0.0331. The molecule has 32 heavy (non-hydrogen) atoms. The van der Waals surface area contributed by atoms with Gasteiger partial charge in [-0.3, -0.25) is 4.79 Å². The van der Waals surface area contributed by atoms with Crippen LogP contribution in [-0.4, -0.2) is 40.1 Å². The van der Waals surface area contributed by atoms with Gasteiger partial charge in [-0.1, -0.05) is 39.0 Å². The summed E-state index contributed by atoms with van der Waals surface area (Å²) in [6.07, 6.45) is 4.69. The molecule has 2 N–H and O–H groups in total. The van der Waals surface area contributed by atoms with Gasteiger partial charge in [-0.2, -0.15) is 0 Å². The Bertz CT molecular complexity index is 971. The zero-order valence-electron chi connectivity index (χ0n) is 19.4. The quantitative estimate of drug-likeness (QED) is 0.668. The normalized spacial score (nSPS) is 32.8. The molecule has 2 aromatic rings. The number of hydrogen-bond donors (Lipinski definition) is 2. The molecular formula is C26H35N3O2S. The molecule has 6 atom stereocenters. The summed E-state index contributed by atoms with van der Waals surface area (Å²) in [7, 11) is 0. The highest BCUT2D eigenvalue weighted by molar-refractivity contribution is 7.15. The van der Waals surface area contributed by atoms with Gasteiger partial charge in [0.25, 0.3) is 0 Å². The van der Waals surface area contributed by atoms with Crippen LogP contribution in [-0.2, 0) is 11.2 Å². The molecule has 6 heteroatoms. The molecular weight excluding hydrogens is 418 g/mol. The van der Waals surface area contributed by atoms with E-state index in [1.54, 1.807) is 11.3 Å². The van der Waals surface area contributed by atoms with Crippen LogP contribution in [0, 0.1) is 23.2 Å². The van der Waals surface area contributed by atoms with Gasteiger partial charge >= 0.3 is 0 Å². The molecule has 0 spiro atoms. The van der Waals surface area contributed by atoms with E-state index >= 15 is 0 Å². The summed E-state index contributed by atoms with van der Waals surface area (Å²) in [4.78, 5) is 21.4. The first-order chi connectivity index (χ1) is 15.4. The molecule has 5 rings (SSSR count). The van der Waals surface area contributed by atoms with Gasteiger partial charge in [0, 0.05) is 35.5 Å². The zero-order chi connectivity index (χ0) is 22.5. The standard InChI is InChI=1S/C26H35N3O2S/c1-16(24(31)29-13-7-8-14-29)19-11-12-26(3)15-20-22(17(2)21(26)23(19)30)28-25(32-20)27-18-9-5-4-6-10-18/h4-6,9-10,16-17,19,21,23,30H,7-8,11-15H2,1-3H3,(H,27,28)/t16-,17+,19+,21+,23-,26+/m0/s1. The van der Waals surface area contributed by atoms with Crippen molar-refractivity contribution in [3.63, 3.8) is 0 Å². The van der Waals surface area contributed by atoms with E-state index in [9.17, 15) is 9.90 Å². The second kappa shape index (κ2) is 8.45. The molecule has 0 bridgehead atoms. The molecule has 1 aromatic heterocycles. The Morgan fingerprint density at radius 3 is 2.72 bits per heavy atom. The van der Waals surface area contributed by atoms with Gasteiger partial charge in [0.15, 0.2) is 5.13 Å². The van der Waals surface area contributed by atoms with Gasteiger partial charge in [0.05, 0.1) is 11.8 Å². The number of likely N-dealkylation sites (tertiary alicyclic amines) is 1. The Kier molecular flexibility index (Phi) is 5.79. The van der Waals surface area contributed by atoms with Crippen molar-refractivity contribution >= 4 is 28.1 Å². The summed E-state index contributed by atoms with van der Waals surface area (Å²) in [5.41, 5.74) is 2.23. The van der Waals surface area contributed by atoms with Crippen LogP contribution in [0.5, 0.6) is 0 Å². The molecule has 1 aromatic carbocycles. The Balaban J connectivity index is 1.37. The number of benzene rings is 1. The van der Waals surface area contributed by atoms with Crippen molar-refractivity contribution < 1.29 is 9.90 Å². The molecule has 172 valence electrons. The first kappa shape index (κ1) is 21.9. The number of hydrogen-bond acceptors (Lipinski definition) is 5. The van der Waals surface area contributed by atoms with Crippen molar-refractivity contribution in [3.8, 4) is 0 Å². The van der Waals surface area contributed by atoms with E-state index in [2.05, 4.69) is 31.3 Å². The van der Waals surface area contributed by atoms with Crippen molar-refractivity contribution in [3.05, 3.63) is 40.9 Å². The van der Waals surface area contributed by atoms with Crippen molar-refractivity contribution in [2.45, 2.75) is 64.9 Å². The highest BCUT2D eigenvalue weighted by Gasteiger charge is 2.54. The Hall–Kier alpha value is -1.92. The SMILES string of the molecule is C[C@H](C(=O)N1CCCC1)[C@H]1CC[C@]2(C)Cc3sc(Nc4ccccc4)nc3[C@H](C)[C@@H]2[C@H]1O. The topological polar surface area (TPSA) is 65.5 Å². The van der Waals surface area contributed by atoms with Gasteiger partial charge in [-0.25, -0.2) is 4.98 Å². The number of nitrogens with one attached hydrogen (secondary N) is 1. The van der Waals surface area contributed by atoms with Crippen LogP contribution in [0.1, 0.15) is 62.9 Å². The summed E-state index contributed by atoms with van der Waals surface area (Å²) in [5.74, 6) is 0.465. The average molecular weight is 454 g/mol. The minimum atomic E-state index is -0.467. The number of carbonyl (C=O) groups is 1.